The third-order valence-electron chi connectivity index (χ3n) is 6.77. The largest absolute Gasteiger partial charge is 0.376 e. The number of benzene rings is 2. The molecule has 0 radical (unpaired) electrons. The van der Waals surface area contributed by atoms with Gasteiger partial charge in [0.25, 0.3) is 11.5 Å². The van der Waals surface area contributed by atoms with Crippen LogP contribution in [0.4, 0.5) is 5.69 Å². The smallest absolute Gasteiger partial charge is 0.262 e. The fraction of sp³-hybridized carbons (Fsp3) is 0.429. The summed E-state index contributed by atoms with van der Waals surface area (Å²) in [4.78, 5) is 43.7. The fourth-order valence-electron chi connectivity index (χ4n) is 4.68. The highest BCUT2D eigenvalue weighted by Gasteiger charge is 2.22. The first-order chi connectivity index (χ1) is 18.5. The Balaban J connectivity index is 1.37. The van der Waals surface area contributed by atoms with Crippen LogP contribution in [0.3, 0.4) is 0 Å². The molecule has 2 aromatic carbocycles. The minimum Gasteiger partial charge on any atom is -0.376 e. The minimum atomic E-state index is -0.237. The number of carbonyl (C=O) groups is 2. The molecule has 3 aromatic rings. The molecule has 2 aliphatic heterocycles. The Kier molecular flexibility index (Phi) is 8.41. The van der Waals surface area contributed by atoms with E-state index in [0.29, 0.717) is 47.0 Å². The van der Waals surface area contributed by atoms with E-state index >= 15 is 0 Å². The molecule has 1 aromatic heterocycles. The Morgan fingerprint density at radius 2 is 1.79 bits per heavy atom. The number of aryl methyl sites for hydroxylation is 1. The van der Waals surface area contributed by atoms with Gasteiger partial charge in [0.15, 0.2) is 5.16 Å². The Morgan fingerprint density at radius 1 is 1.05 bits per heavy atom. The molecule has 0 spiro atoms. The standard InChI is InChI=1S/C28H32N4O5S/c1-18-6-9-20(10-7-18)30-25(33)17-38-28-31-24-14-19(26(34)29-15-21-4-2-12-36-21)8-11-23(24)27(35)32(28)16-22-5-3-13-37-22/h6-11,14,21-22H,2-5,12-13,15-17H2,1H3,(H,29,34)(H,30,33)/t21-,22-/m1/s1. The molecule has 2 N–H and O–H groups in total. The van der Waals surface area contributed by atoms with Crippen molar-refractivity contribution in [2.75, 3.05) is 30.8 Å². The number of hydrogen-bond donors (Lipinski definition) is 2. The Morgan fingerprint density at radius 3 is 2.50 bits per heavy atom. The first-order valence-electron chi connectivity index (χ1n) is 13.0. The number of fused-ring (bicyclic) bond motifs is 1. The molecule has 2 saturated heterocycles. The predicted molar refractivity (Wildman–Crippen MR) is 147 cm³/mol. The van der Waals surface area contributed by atoms with Gasteiger partial charge in [-0.05, 0) is 62.9 Å². The number of thioether (sulfide) groups is 1. The summed E-state index contributed by atoms with van der Waals surface area (Å²) in [5, 5.41) is 6.64. The van der Waals surface area contributed by atoms with Gasteiger partial charge in [-0.15, -0.1) is 0 Å². The third kappa shape index (κ3) is 6.43. The lowest BCUT2D eigenvalue weighted by molar-refractivity contribution is -0.113. The molecule has 200 valence electrons. The van der Waals surface area contributed by atoms with E-state index < -0.39 is 0 Å². The van der Waals surface area contributed by atoms with E-state index in [2.05, 4.69) is 10.6 Å². The van der Waals surface area contributed by atoms with E-state index in [1.54, 1.807) is 22.8 Å². The van der Waals surface area contributed by atoms with Gasteiger partial charge in [0.1, 0.15) is 0 Å². The highest BCUT2D eigenvalue weighted by atomic mass is 32.2. The number of carbonyl (C=O) groups excluding carboxylic acids is 2. The summed E-state index contributed by atoms with van der Waals surface area (Å²) in [6.07, 6.45) is 3.72. The molecule has 0 unspecified atom stereocenters. The van der Waals surface area contributed by atoms with Crippen LogP contribution in [0.1, 0.15) is 41.6 Å². The summed E-state index contributed by atoms with van der Waals surface area (Å²) in [7, 11) is 0. The number of ether oxygens (including phenoxy) is 2. The summed E-state index contributed by atoms with van der Waals surface area (Å²) >= 11 is 1.20. The van der Waals surface area contributed by atoms with Crippen molar-refractivity contribution in [2.24, 2.45) is 0 Å². The summed E-state index contributed by atoms with van der Waals surface area (Å²) < 4.78 is 13.0. The zero-order valence-corrected chi connectivity index (χ0v) is 22.2. The number of aromatic nitrogens is 2. The van der Waals surface area contributed by atoms with E-state index in [4.69, 9.17) is 14.5 Å². The molecule has 2 fully saturated rings. The quantitative estimate of drug-likeness (QED) is 0.318. The minimum absolute atomic E-state index is 0.0385. The van der Waals surface area contributed by atoms with Crippen molar-refractivity contribution in [2.45, 2.75) is 56.5 Å². The molecule has 2 aliphatic rings. The normalized spacial score (nSPS) is 19.1. The van der Waals surface area contributed by atoms with Crippen LogP contribution in [0.15, 0.2) is 52.4 Å². The molecule has 0 aliphatic carbocycles. The Hall–Kier alpha value is -3.21. The summed E-state index contributed by atoms with van der Waals surface area (Å²) in [6, 6.07) is 12.5. The molecule has 2 atom stereocenters. The zero-order valence-electron chi connectivity index (χ0n) is 21.4. The molecule has 10 heteroatoms. The second-order valence-electron chi connectivity index (χ2n) is 9.73. The number of rotatable bonds is 9. The van der Waals surface area contributed by atoms with Gasteiger partial charge in [-0.25, -0.2) is 4.98 Å². The van der Waals surface area contributed by atoms with Crippen molar-refractivity contribution in [3.63, 3.8) is 0 Å². The second-order valence-corrected chi connectivity index (χ2v) is 10.7. The molecule has 9 nitrogen and oxygen atoms in total. The van der Waals surface area contributed by atoms with Crippen molar-refractivity contribution in [1.82, 2.24) is 14.9 Å². The maximum atomic E-state index is 13.5. The third-order valence-corrected chi connectivity index (χ3v) is 7.75. The van der Waals surface area contributed by atoms with Crippen LogP contribution < -0.4 is 16.2 Å². The number of nitrogens with one attached hydrogen (secondary N) is 2. The van der Waals surface area contributed by atoms with Crippen molar-refractivity contribution >= 4 is 40.2 Å². The first kappa shape index (κ1) is 26.4. The maximum absolute atomic E-state index is 13.5. The average Bonchev–Trinajstić information content (AvgIpc) is 3.63. The molecule has 3 heterocycles. The monoisotopic (exact) mass is 536 g/mol. The highest BCUT2D eigenvalue weighted by molar-refractivity contribution is 7.99. The van der Waals surface area contributed by atoms with Crippen LogP contribution in [0.25, 0.3) is 10.9 Å². The van der Waals surface area contributed by atoms with Crippen molar-refractivity contribution in [3.05, 3.63) is 63.9 Å². The van der Waals surface area contributed by atoms with Gasteiger partial charge in [-0.2, -0.15) is 0 Å². The average molecular weight is 537 g/mol. The van der Waals surface area contributed by atoms with Crippen molar-refractivity contribution in [3.8, 4) is 0 Å². The summed E-state index contributed by atoms with van der Waals surface area (Å²) in [5.41, 5.74) is 2.45. The summed E-state index contributed by atoms with van der Waals surface area (Å²) in [5.74, 6) is -0.350. The van der Waals surface area contributed by atoms with Crippen molar-refractivity contribution in [1.29, 1.82) is 0 Å². The van der Waals surface area contributed by atoms with Gasteiger partial charge in [0.05, 0.1) is 35.4 Å². The molecule has 38 heavy (non-hydrogen) atoms. The van der Waals surface area contributed by atoms with Crippen LogP contribution in [0.2, 0.25) is 0 Å². The SMILES string of the molecule is Cc1ccc(NC(=O)CSc2nc3cc(C(=O)NC[C@H]4CCCO4)ccc3c(=O)n2C[C@H]2CCCO2)cc1. The molecule has 2 amide bonds. The lowest BCUT2D eigenvalue weighted by Crippen LogP contribution is -2.32. The number of hydrogen-bond acceptors (Lipinski definition) is 7. The van der Waals surface area contributed by atoms with Crippen LogP contribution in [-0.4, -0.2) is 59.1 Å². The Bertz CT molecular complexity index is 1360. The van der Waals surface area contributed by atoms with Gasteiger partial charge in [0, 0.05) is 31.0 Å². The van der Waals surface area contributed by atoms with Gasteiger partial charge < -0.3 is 20.1 Å². The lowest BCUT2D eigenvalue weighted by atomic mass is 10.1. The maximum Gasteiger partial charge on any atom is 0.262 e. The number of anilines is 1. The molecule has 5 rings (SSSR count). The number of amides is 2. The van der Waals surface area contributed by atoms with E-state index in [1.165, 1.54) is 11.8 Å². The van der Waals surface area contributed by atoms with E-state index in [-0.39, 0.29) is 35.3 Å². The zero-order chi connectivity index (χ0) is 26.5. The highest BCUT2D eigenvalue weighted by Crippen LogP contribution is 2.22. The van der Waals surface area contributed by atoms with Crippen LogP contribution in [0, 0.1) is 6.92 Å². The van der Waals surface area contributed by atoms with E-state index in [0.717, 1.165) is 37.9 Å². The lowest BCUT2D eigenvalue weighted by Gasteiger charge is -2.17. The first-order valence-corrected chi connectivity index (χ1v) is 14.0. The molecule has 0 bridgehead atoms. The second kappa shape index (κ2) is 12.1. The molecular formula is C28H32N4O5S. The fourth-order valence-corrected chi connectivity index (χ4v) is 5.49. The van der Waals surface area contributed by atoms with Crippen LogP contribution in [-0.2, 0) is 20.8 Å². The van der Waals surface area contributed by atoms with Gasteiger partial charge in [-0.1, -0.05) is 29.5 Å². The Labute approximate surface area is 225 Å². The van der Waals surface area contributed by atoms with Crippen LogP contribution in [0.5, 0.6) is 0 Å². The molecular weight excluding hydrogens is 504 g/mol. The molecule has 0 saturated carbocycles. The van der Waals surface area contributed by atoms with Crippen molar-refractivity contribution < 1.29 is 19.1 Å². The topological polar surface area (TPSA) is 112 Å². The van der Waals surface area contributed by atoms with Gasteiger partial charge in [0.2, 0.25) is 5.91 Å². The van der Waals surface area contributed by atoms with Gasteiger partial charge >= 0.3 is 0 Å². The van der Waals surface area contributed by atoms with Gasteiger partial charge in [-0.3, -0.25) is 19.0 Å². The predicted octanol–water partition coefficient (Wildman–Crippen LogP) is 3.52. The van der Waals surface area contributed by atoms with Crippen LogP contribution >= 0.6 is 11.8 Å². The number of nitrogens with zero attached hydrogens (tertiary/aromatic N) is 2. The van der Waals surface area contributed by atoms with E-state index in [9.17, 15) is 14.4 Å². The summed E-state index contributed by atoms with van der Waals surface area (Å²) in [6.45, 7) is 4.20. The van der Waals surface area contributed by atoms with E-state index in [1.807, 2.05) is 31.2 Å².